The Kier molecular flexibility index (Phi) is 10.3. The molecule has 3 N–H and O–H groups in total. The van der Waals surface area contributed by atoms with Crippen molar-refractivity contribution in [3.63, 3.8) is 0 Å². The van der Waals surface area contributed by atoms with Crippen molar-refractivity contribution in [1.29, 1.82) is 0 Å². The summed E-state index contributed by atoms with van der Waals surface area (Å²) in [4.78, 5) is 14.5. The van der Waals surface area contributed by atoms with Crippen LogP contribution in [0.2, 0.25) is 0 Å². The van der Waals surface area contributed by atoms with E-state index in [-0.39, 0.29) is 18.3 Å². The Balaban J connectivity index is 0.00000312. The average Bonchev–Trinajstić information content (AvgIpc) is 3.08. The molecule has 1 saturated heterocycles. The molecule has 1 aromatic rings. The highest BCUT2D eigenvalue weighted by Crippen LogP contribution is 2.22. The first kappa shape index (κ1) is 22.1. The summed E-state index contributed by atoms with van der Waals surface area (Å²) < 4.78 is 5.88. The number of nitrogens with zero attached hydrogens (tertiary/aromatic N) is 1. The maximum absolute atomic E-state index is 12.1. The summed E-state index contributed by atoms with van der Waals surface area (Å²) in [6.07, 6.45) is 5.29. The number of anilines is 1. The van der Waals surface area contributed by atoms with Crippen molar-refractivity contribution in [2.75, 3.05) is 43.6 Å². The molecule has 142 valence electrons. The largest absolute Gasteiger partial charge is 0.492 e. The molecule has 5 nitrogen and oxygen atoms in total. The Bertz CT molecular complexity index is 539. The Hall–Kier alpha value is -0.950. The molecule has 1 aliphatic heterocycles. The molecule has 1 aliphatic rings. The highest BCUT2D eigenvalue weighted by molar-refractivity contribution is 7.98. The quantitative estimate of drug-likeness (QED) is 0.681. The molecule has 0 aliphatic carbocycles. The van der Waals surface area contributed by atoms with E-state index in [4.69, 9.17) is 10.5 Å². The van der Waals surface area contributed by atoms with Crippen molar-refractivity contribution >= 4 is 35.8 Å². The molecule has 0 spiro atoms. The summed E-state index contributed by atoms with van der Waals surface area (Å²) in [5.74, 6) is 1.63. The third-order valence-electron chi connectivity index (χ3n) is 4.28. The van der Waals surface area contributed by atoms with Gasteiger partial charge in [0.2, 0.25) is 5.91 Å². The van der Waals surface area contributed by atoms with Crippen molar-refractivity contribution in [2.45, 2.75) is 32.2 Å². The zero-order valence-corrected chi connectivity index (χ0v) is 16.8. The van der Waals surface area contributed by atoms with E-state index in [2.05, 4.69) is 10.2 Å². The van der Waals surface area contributed by atoms with Crippen LogP contribution in [0.1, 0.15) is 24.8 Å². The molecular weight excluding hydrogens is 358 g/mol. The molecule has 1 amide bonds. The van der Waals surface area contributed by atoms with E-state index < -0.39 is 6.04 Å². The van der Waals surface area contributed by atoms with E-state index in [1.807, 2.05) is 31.4 Å². The minimum Gasteiger partial charge on any atom is -0.492 e. The van der Waals surface area contributed by atoms with Crippen LogP contribution in [0.3, 0.4) is 0 Å². The molecule has 1 heterocycles. The third-order valence-corrected chi connectivity index (χ3v) is 4.92. The Morgan fingerprint density at radius 3 is 2.76 bits per heavy atom. The molecular formula is C18H30ClN3O2S. The van der Waals surface area contributed by atoms with Gasteiger partial charge in [-0.05, 0) is 75.0 Å². The van der Waals surface area contributed by atoms with Crippen LogP contribution in [0.4, 0.5) is 5.69 Å². The number of carbonyl (C=O) groups excluding carboxylic acids is 1. The lowest BCUT2D eigenvalue weighted by Crippen LogP contribution is -2.36. The van der Waals surface area contributed by atoms with Gasteiger partial charge >= 0.3 is 0 Å². The van der Waals surface area contributed by atoms with Gasteiger partial charge in [-0.3, -0.25) is 9.69 Å². The summed E-state index contributed by atoms with van der Waals surface area (Å²) in [5, 5.41) is 2.88. The number of nitrogens with one attached hydrogen (secondary N) is 1. The van der Waals surface area contributed by atoms with Crippen LogP contribution in [-0.2, 0) is 4.79 Å². The molecule has 0 radical (unpaired) electrons. The van der Waals surface area contributed by atoms with Gasteiger partial charge in [0.25, 0.3) is 0 Å². The van der Waals surface area contributed by atoms with Gasteiger partial charge in [0, 0.05) is 12.2 Å². The molecule has 1 atom stereocenters. The lowest BCUT2D eigenvalue weighted by molar-refractivity contribution is -0.117. The topological polar surface area (TPSA) is 67.6 Å². The molecule has 0 saturated carbocycles. The Morgan fingerprint density at radius 1 is 1.40 bits per heavy atom. The van der Waals surface area contributed by atoms with Gasteiger partial charge in [-0.25, -0.2) is 0 Å². The van der Waals surface area contributed by atoms with Crippen LogP contribution in [0.25, 0.3) is 0 Å². The number of halogens is 1. The number of carbonyl (C=O) groups is 1. The number of thioether (sulfide) groups is 1. The molecule has 0 unspecified atom stereocenters. The molecule has 2 rings (SSSR count). The number of nitrogens with two attached hydrogens (primary N) is 1. The number of hydrogen-bond acceptors (Lipinski definition) is 5. The minimum absolute atomic E-state index is 0. The molecule has 1 aromatic carbocycles. The van der Waals surface area contributed by atoms with Gasteiger partial charge in [-0.2, -0.15) is 11.8 Å². The maximum Gasteiger partial charge on any atom is 0.241 e. The van der Waals surface area contributed by atoms with Gasteiger partial charge in [0.05, 0.1) is 6.04 Å². The number of hydrogen-bond donors (Lipinski definition) is 2. The summed E-state index contributed by atoms with van der Waals surface area (Å²) in [7, 11) is 0. The van der Waals surface area contributed by atoms with Gasteiger partial charge in [0.15, 0.2) is 0 Å². The van der Waals surface area contributed by atoms with E-state index >= 15 is 0 Å². The first-order valence-electron chi connectivity index (χ1n) is 8.61. The van der Waals surface area contributed by atoms with E-state index in [0.717, 1.165) is 29.3 Å². The molecule has 0 bridgehead atoms. The van der Waals surface area contributed by atoms with Crippen molar-refractivity contribution in [3.05, 3.63) is 23.8 Å². The fraction of sp³-hybridized carbons (Fsp3) is 0.611. The number of amides is 1. The number of benzene rings is 1. The van der Waals surface area contributed by atoms with Crippen LogP contribution in [0.15, 0.2) is 18.2 Å². The number of aryl methyl sites for hydroxylation is 1. The predicted molar refractivity (Wildman–Crippen MR) is 109 cm³/mol. The van der Waals surface area contributed by atoms with E-state index in [1.54, 1.807) is 11.8 Å². The first-order valence-corrected chi connectivity index (χ1v) is 10.0. The standard InChI is InChI=1S/C18H29N3O2S.ClH/c1-14-13-15(20-18(22)16(19)7-12-24-2)5-6-17(14)23-11-10-21-8-3-4-9-21;/h5-6,13,16H,3-4,7-12,19H2,1-2H3,(H,20,22);1H/t16-;/m0./s1. The Morgan fingerprint density at radius 2 is 2.12 bits per heavy atom. The molecule has 7 heteroatoms. The molecule has 25 heavy (non-hydrogen) atoms. The summed E-state index contributed by atoms with van der Waals surface area (Å²) in [5.41, 5.74) is 7.68. The summed E-state index contributed by atoms with van der Waals surface area (Å²) in [6.45, 7) is 6.04. The SMILES string of the molecule is CSCC[C@H](N)C(=O)Nc1ccc(OCCN2CCCC2)c(C)c1.Cl. The second kappa shape index (κ2) is 11.6. The van der Waals surface area contributed by atoms with E-state index in [0.29, 0.717) is 13.0 Å². The van der Waals surface area contributed by atoms with Crippen molar-refractivity contribution < 1.29 is 9.53 Å². The smallest absolute Gasteiger partial charge is 0.241 e. The van der Waals surface area contributed by atoms with Gasteiger partial charge in [-0.1, -0.05) is 0 Å². The zero-order valence-electron chi connectivity index (χ0n) is 15.1. The Labute approximate surface area is 161 Å². The van der Waals surface area contributed by atoms with Crippen molar-refractivity contribution in [3.8, 4) is 5.75 Å². The minimum atomic E-state index is -0.464. The fourth-order valence-corrected chi connectivity index (χ4v) is 3.28. The molecule has 0 aromatic heterocycles. The van der Waals surface area contributed by atoms with Gasteiger partial charge in [0.1, 0.15) is 12.4 Å². The third kappa shape index (κ3) is 7.44. The van der Waals surface area contributed by atoms with E-state index in [9.17, 15) is 4.79 Å². The zero-order chi connectivity index (χ0) is 17.4. The number of rotatable bonds is 9. The van der Waals surface area contributed by atoms with Crippen LogP contribution >= 0.6 is 24.2 Å². The summed E-state index contributed by atoms with van der Waals surface area (Å²) >= 11 is 1.69. The van der Waals surface area contributed by atoms with Crippen molar-refractivity contribution in [1.82, 2.24) is 4.90 Å². The highest BCUT2D eigenvalue weighted by atomic mass is 35.5. The fourth-order valence-electron chi connectivity index (χ4n) is 2.79. The normalized spacial score (nSPS) is 15.5. The molecule has 1 fully saturated rings. The van der Waals surface area contributed by atoms with Gasteiger partial charge in [-0.15, -0.1) is 12.4 Å². The maximum atomic E-state index is 12.1. The van der Waals surface area contributed by atoms with Crippen LogP contribution in [0, 0.1) is 6.92 Å². The monoisotopic (exact) mass is 387 g/mol. The van der Waals surface area contributed by atoms with Crippen LogP contribution in [-0.4, -0.2) is 55.1 Å². The summed E-state index contributed by atoms with van der Waals surface area (Å²) in [6, 6.07) is 5.26. The lowest BCUT2D eigenvalue weighted by atomic mass is 10.1. The van der Waals surface area contributed by atoms with Gasteiger partial charge < -0.3 is 15.8 Å². The van der Waals surface area contributed by atoms with E-state index in [1.165, 1.54) is 25.9 Å². The highest BCUT2D eigenvalue weighted by Gasteiger charge is 2.14. The average molecular weight is 388 g/mol. The van der Waals surface area contributed by atoms with Crippen molar-refractivity contribution in [2.24, 2.45) is 5.73 Å². The second-order valence-corrected chi connectivity index (χ2v) is 7.24. The second-order valence-electron chi connectivity index (χ2n) is 6.25. The first-order chi connectivity index (χ1) is 11.6. The number of ether oxygens (including phenoxy) is 1. The number of likely N-dealkylation sites (tertiary alicyclic amines) is 1. The predicted octanol–water partition coefficient (Wildman–Crippen LogP) is 2.91. The van der Waals surface area contributed by atoms with Crippen LogP contribution in [0.5, 0.6) is 5.75 Å². The lowest BCUT2D eigenvalue weighted by Gasteiger charge is -2.17. The van der Waals surface area contributed by atoms with Crippen LogP contribution < -0.4 is 15.8 Å².